The summed E-state index contributed by atoms with van der Waals surface area (Å²) in [5.41, 5.74) is 0.676. The first-order chi connectivity index (χ1) is 12.8. The van der Waals surface area contributed by atoms with E-state index in [9.17, 15) is 9.59 Å². The van der Waals surface area contributed by atoms with E-state index in [4.69, 9.17) is 18.6 Å². The van der Waals surface area contributed by atoms with E-state index in [1.165, 1.54) is 17.4 Å². The van der Waals surface area contributed by atoms with Crippen LogP contribution in [0.4, 0.5) is 4.79 Å². The summed E-state index contributed by atoms with van der Waals surface area (Å²) in [7, 11) is 1.57. The van der Waals surface area contributed by atoms with Gasteiger partial charge in [-0.1, -0.05) is 12.1 Å². The number of methoxy groups -OCH3 is 1. The number of rotatable bonds is 4. The highest BCUT2D eigenvalue weighted by atomic mass is 16.6. The van der Waals surface area contributed by atoms with E-state index in [0.29, 0.717) is 23.2 Å². The highest BCUT2D eigenvalue weighted by Gasteiger charge is 2.48. The molecular formula is C20H23NO6. The van der Waals surface area contributed by atoms with Crippen molar-refractivity contribution in [3.05, 3.63) is 54.0 Å². The Morgan fingerprint density at radius 1 is 1.15 bits per heavy atom. The van der Waals surface area contributed by atoms with Gasteiger partial charge in [0, 0.05) is 11.1 Å². The molecule has 1 saturated heterocycles. The average molecular weight is 373 g/mol. The lowest BCUT2D eigenvalue weighted by molar-refractivity contribution is -0.118. The van der Waals surface area contributed by atoms with Crippen molar-refractivity contribution in [1.82, 2.24) is 4.90 Å². The van der Waals surface area contributed by atoms with Crippen LogP contribution in [0.3, 0.4) is 0 Å². The van der Waals surface area contributed by atoms with Gasteiger partial charge in [-0.25, -0.2) is 4.79 Å². The zero-order valence-electron chi connectivity index (χ0n) is 15.7. The van der Waals surface area contributed by atoms with Gasteiger partial charge in [-0.05, 0) is 39.0 Å². The SMILES string of the molecule is COc1ccc(C2OC(C=O)[C@H](c3ccoc3)N2C(=O)OC(C)(C)C)cc1. The van der Waals surface area contributed by atoms with Crippen molar-refractivity contribution in [1.29, 1.82) is 0 Å². The highest BCUT2D eigenvalue weighted by molar-refractivity contribution is 5.72. The van der Waals surface area contributed by atoms with Crippen LogP contribution < -0.4 is 4.74 Å². The average Bonchev–Trinajstić information content (AvgIpc) is 3.27. The summed E-state index contributed by atoms with van der Waals surface area (Å²) in [4.78, 5) is 26.1. The molecule has 0 N–H and O–H groups in total. The van der Waals surface area contributed by atoms with Gasteiger partial charge < -0.3 is 23.4 Å². The van der Waals surface area contributed by atoms with Crippen LogP contribution in [0.1, 0.15) is 44.2 Å². The Hall–Kier alpha value is -2.80. The minimum Gasteiger partial charge on any atom is -0.497 e. The van der Waals surface area contributed by atoms with Crippen LogP contribution in [-0.2, 0) is 14.3 Å². The second-order valence-electron chi connectivity index (χ2n) is 7.25. The molecule has 1 aromatic heterocycles. The van der Waals surface area contributed by atoms with Crippen LogP contribution in [0, 0.1) is 0 Å². The predicted molar refractivity (Wildman–Crippen MR) is 96.2 cm³/mol. The van der Waals surface area contributed by atoms with Crippen LogP contribution in [-0.4, -0.2) is 36.1 Å². The molecule has 7 heteroatoms. The Balaban J connectivity index is 2.01. The molecule has 2 unspecified atom stereocenters. The molecule has 0 radical (unpaired) electrons. The number of carbonyl (C=O) groups excluding carboxylic acids is 2. The standard InChI is InChI=1S/C20H23NO6/c1-20(2,3)27-19(23)21-17(14-9-10-25-12-14)16(11-22)26-18(21)13-5-7-15(24-4)8-6-13/h5-12,16-18H,1-4H3/t16?,17-,18?/m0/s1. The molecule has 2 aromatic rings. The maximum atomic E-state index is 13.0. The summed E-state index contributed by atoms with van der Waals surface area (Å²) in [5, 5.41) is 0. The number of hydrogen-bond donors (Lipinski definition) is 0. The number of furan rings is 1. The third-order valence-corrected chi connectivity index (χ3v) is 4.17. The molecule has 2 heterocycles. The molecule has 3 atom stereocenters. The molecule has 0 aliphatic carbocycles. The van der Waals surface area contributed by atoms with E-state index in [-0.39, 0.29) is 0 Å². The zero-order valence-corrected chi connectivity index (χ0v) is 15.7. The van der Waals surface area contributed by atoms with E-state index in [2.05, 4.69) is 0 Å². The van der Waals surface area contributed by atoms with E-state index < -0.39 is 30.1 Å². The number of ether oxygens (including phenoxy) is 3. The molecule has 0 spiro atoms. The molecule has 1 aliphatic heterocycles. The zero-order chi connectivity index (χ0) is 19.6. The Kier molecular flexibility index (Phi) is 5.23. The van der Waals surface area contributed by atoms with Gasteiger partial charge in [-0.3, -0.25) is 4.90 Å². The topological polar surface area (TPSA) is 78.2 Å². The van der Waals surface area contributed by atoms with Crippen molar-refractivity contribution in [2.75, 3.05) is 7.11 Å². The maximum Gasteiger partial charge on any atom is 0.413 e. The van der Waals surface area contributed by atoms with Gasteiger partial charge in [0.2, 0.25) is 0 Å². The summed E-state index contributed by atoms with van der Waals surface area (Å²) < 4.78 is 21.8. The fraction of sp³-hybridized carbons (Fsp3) is 0.400. The second-order valence-corrected chi connectivity index (χ2v) is 7.25. The molecule has 0 bridgehead atoms. The van der Waals surface area contributed by atoms with E-state index in [1.54, 1.807) is 58.2 Å². The summed E-state index contributed by atoms with van der Waals surface area (Å²) in [6.45, 7) is 5.36. The van der Waals surface area contributed by atoms with Crippen molar-refractivity contribution >= 4 is 12.4 Å². The molecule has 27 heavy (non-hydrogen) atoms. The molecule has 144 valence electrons. The minimum absolute atomic E-state index is 0.570. The lowest BCUT2D eigenvalue weighted by Crippen LogP contribution is -2.39. The largest absolute Gasteiger partial charge is 0.497 e. The number of nitrogens with zero attached hydrogens (tertiary/aromatic N) is 1. The summed E-state index contributed by atoms with van der Waals surface area (Å²) in [6.07, 6.45) is 1.49. The molecule has 1 aromatic carbocycles. The smallest absolute Gasteiger partial charge is 0.413 e. The lowest BCUT2D eigenvalue weighted by atomic mass is 10.0. The second kappa shape index (κ2) is 7.44. The van der Waals surface area contributed by atoms with Gasteiger partial charge in [0.25, 0.3) is 0 Å². The molecule has 3 rings (SSSR count). The summed E-state index contributed by atoms with van der Waals surface area (Å²) in [6, 6.07) is 8.18. The number of amides is 1. The molecule has 0 saturated carbocycles. The monoisotopic (exact) mass is 373 g/mol. The highest BCUT2D eigenvalue weighted by Crippen LogP contribution is 2.43. The predicted octanol–water partition coefficient (Wildman–Crippen LogP) is 3.86. The summed E-state index contributed by atoms with van der Waals surface area (Å²) >= 11 is 0. The number of benzene rings is 1. The quantitative estimate of drug-likeness (QED) is 0.757. The fourth-order valence-electron chi connectivity index (χ4n) is 3.02. The van der Waals surface area contributed by atoms with Crippen LogP contribution >= 0.6 is 0 Å². The van der Waals surface area contributed by atoms with E-state index >= 15 is 0 Å². The molecular weight excluding hydrogens is 350 g/mol. The molecule has 1 amide bonds. The normalized spacial score (nSPS) is 22.5. The first-order valence-electron chi connectivity index (χ1n) is 8.62. The van der Waals surface area contributed by atoms with Gasteiger partial charge in [0.05, 0.1) is 25.7 Å². The fourth-order valence-corrected chi connectivity index (χ4v) is 3.02. The van der Waals surface area contributed by atoms with Crippen LogP contribution in [0.2, 0.25) is 0 Å². The Bertz CT molecular complexity index is 778. The van der Waals surface area contributed by atoms with Crippen molar-refractivity contribution < 1.29 is 28.2 Å². The number of carbonyl (C=O) groups is 2. The summed E-state index contributed by atoms with van der Waals surface area (Å²) in [5.74, 6) is 0.680. The third kappa shape index (κ3) is 3.98. The van der Waals surface area contributed by atoms with Crippen LogP contribution in [0.15, 0.2) is 47.3 Å². The Morgan fingerprint density at radius 3 is 2.37 bits per heavy atom. The number of aldehydes is 1. The minimum atomic E-state index is -0.845. The first-order valence-corrected chi connectivity index (χ1v) is 8.62. The van der Waals surface area contributed by atoms with Gasteiger partial charge in [0.1, 0.15) is 17.5 Å². The van der Waals surface area contributed by atoms with Crippen LogP contribution in [0.5, 0.6) is 5.75 Å². The molecule has 7 nitrogen and oxygen atoms in total. The first kappa shape index (κ1) is 19.0. The number of hydrogen-bond acceptors (Lipinski definition) is 6. The van der Waals surface area contributed by atoms with Gasteiger partial charge in [0.15, 0.2) is 12.5 Å². The van der Waals surface area contributed by atoms with Crippen molar-refractivity contribution in [3.8, 4) is 5.75 Å². The molecule has 1 aliphatic rings. The Labute approximate surface area is 157 Å². The molecule has 1 fully saturated rings. The van der Waals surface area contributed by atoms with E-state index in [0.717, 1.165) is 0 Å². The van der Waals surface area contributed by atoms with Crippen LogP contribution in [0.25, 0.3) is 0 Å². The van der Waals surface area contributed by atoms with Crippen molar-refractivity contribution in [2.45, 2.75) is 44.7 Å². The maximum absolute atomic E-state index is 13.0. The van der Waals surface area contributed by atoms with Gasteiger partial charge >= 0.3 is 6.09 Å². The van der Waals surface area contributed by atoms with Crippen molar-refractivity contribution in [2.24, 2.45) is 0 Å². The Morgan fingerprint density at radius 2 is 1.85 bits per heavy atom. The van der Waals surface area contributed by atoms with E-state index in [1.807, 2.05) is 0 Å². The van der Waals surface area contributed by atoms with Crippen molar-refractivity contribution in [3.63, 3.8) is 0 Å². The van der Waals surface area contributed by atoms with Gasteiger partial charge in [-0.15, -0.1) is 0 Å². The van der Waals surface area contributed by atoms with Gasteiger partial charge in [-0.2, -0.15) is 0 Å². The lowest BCUT2D eigenvalue weighted by Gasteiger charge is -2.31. The third-order valence-electron chi connectivity index (χ3n) is 4.17.